The van der Waals surface area contributed by atoms with Crippen LogP contribution in [0.1, 0.15) is 0 Å². The zero-order valence-electron chi connectivity index (χ0n) is 19.6. The van der Waals surface area contributed by atoms with Crippen LogP contribution in [0.5, 0.6) is 0 Å². The molecule has 0 spiro atoms. The fourth-order valence-electron chi connectivity index (χ4n) is 6.48. The van der Waals surface area contributed by atoms with E-state index < -0.39 is 0 Å². The van der Waals surface area contributed by atoms with E-state index in [1.807, 2.05) is 12.1 Å². The molecule has 1 aliphatic carbocycles. The lowest BCUT2D eigenvalue weighted by molar-refractivity contribution is 0.669. The topological polar surface area (TPSA) is 18.1 Å². The number of furan rings is 1. The first-order valence-corrected chi connectivity index (χ1v) is 12.8. The molecule has 0 amide bonds. The molecule has 0 fully saturated rings. The molecule has 0 atom stereocenters. The van der Waals surface area contributed by atoms with Crippen LogP contribution in [0, 0.1) is 0 Å². The Labute approximate surface area is 216 Å². The molecular weight excluding hydrogens is 474 g/mol. The maximum atomic E-state index is 6.88. The van der Waals surface area contributed by atoms with Crippen molar-refractivity contribution in [3.8, 4) is 27.9 Å². The fraction of sp³-hybridized carbons (Fsp3) is 0. The minimum Gasteiger partial charge on any atom is -0.456 e. The van der Waals surface area contributed by atoms with E-state index >= 15 is 0 Å². The number of fused-ring (bicyclic) bond motifs is 6. The second kappa shape index (κ2) is 6.82. The van der Waals surface area contributed by atoms with Crippen molar-refractivity contribution in [3.05, 3.63) is 114 Å². The normalized spacial score (nSPS) is 12.5. The molecule has 0 aliphatic heterocycles. The van der Waals surface area contributed by atoms with Crippen molar-refractivity contribution in [2.75, 3.05) is 0 Å². The molecule has 1 aliphatic rings. The number of rotatable bonds is 1. The molecule has 0 bridgehead atoms. The van der Waals surface area contributed by atoms with Crippen molar-refractivity contribution in [1.82, 2.24) is 4.57 Å². The molecule has 0 saturated carbocycles. The monoisotopic (exact) mass is 491 g/mol. The van der Waals surface area contributed by atoms with Gasteiger partial charge in [0.1, 0.15) is 11.2 Å². The Morgan fingerprint density at radius 1 is 0.514 bits per heavy atom. The molecule has 6 aromatic carbocycles. The SMILES string of the molecule is Clc1cc2c3c4c5c(cccc5ccc4n(-c4ccccc4)c3c1)-c1cc3oc4ccccc4c3cc1-2. The van der Waals surface area contributed by atoms with Gasteiger partial charge in [-0.3, -0.25) is 0 Å². The van der Waals surface area contributed by atoms with Crippen LogP contribution in [0.3, 0.4) is 0 Å². The average molecular weight is 492 g/mol. The summed E-state index contributed by atoms with van der Waals surface area (Å²) in [6.07, 6.45) is 0. The van der Waals surface area contributed by atoms with E-state index in [4.69, 9.17) is 16.0 Å². The van der Waals surface area contributed by atoms with Gasteiger partial charge in [0, 0.05) is 32.3 Å². The molecule has 0 saturated heterocycles. The molecule has 0 radical (unpaired) electrons. The first-order valence-electron chi connectivity index (χ1n) is 12.5. The maximum absolute atomic E-state index is 6.88. The Morgan fingerprint density at radius 2 is 1.35 bits per heavy atom. The summed E-state index contributed by atoms with van der Waals surface area (Å²) in [5.41, 5.74) is 9.99. The molecule has 172 valence electrons. The van der Waals surface area contributed by atoms with Crippen molar-refractivity contribution in [2.45, 2.75) is 0 Å². The summed E-state index contributed by atoms with van der Waals surface area (Å²) in [7, 11) is 0. The molecular formula is C34H18ClNO. The molecule has 8 aromatic rings. The quantitative estimate of drug-likeness (QED) is 0.223. The van der Waals surface area contributed by atoms with E-state index in [2.05, 4.69) is 102 Å². The third kappa shape index (κ3) is 2.46. The van der Waals surface area contributed by atoms with Gasteiger partial charge >= 0.3 is 0 Å². The zero-order valence-corrected chi connectivity index (χ0v) is 20.4. The molecule has 2 aromatic heterocycles. The fourth-order valence-corrected chi connectivity index (χ4v) is 6.69. The van der Waals surface area contributed by atoms with Crippen LogP contribution in [-0.4, -0.2) is 4.57 Å². The van der Waals surface area contributed by atoms with Gasteiger partial charge in [0.25, 0.3) is 0 Å². The molecule has 2 heterocycles. The Morgan fingerprint density at radius 3 is 2.27 bits per heavy atom. The highest BCUT2D eigenvalue weighted by Gasteiger charge is 2.26. The minimum absolute atomic E-state index is 0.729. The molecule has 9 rings (SSSR count). The number of nitrogens with zero attached hydrogens (tertiary/aromatic N) is 1. The Balaban J connectivity index is 1.57. The highest BCUT2D eigenvalue weighted by Crippen LogP contribution is 2.51. The van der Waals surface area contributed by atoms with Crippen molar-refractivity contribution in [2.24, 2.45) is 0 Å². The van der Waals surface area contributed by atoms with Crippen LogP contribution >= 0.6 is 11.6 Å². The van der Waals surface area contributed by atoms with Crippen molar-refractivity contribution < 1.29 is 4.42 Å². The van der Waals surface area contributed by atoms with Gasteiger partial charge < -0.3 is 8.98 Å². The van der Waals surface area contributed by atoms with Gasteiger partial charge in [-0.25, -0.2) is 0 Å². The predicted molar refractivity (Wildman–Crippen MR) is 155 cm³/mol. The van der Waals surface area contributed by atoms with Gasteiger partial charge in [-0.2, -0.15) is 0 Å². The number of halogens is 1. The largest absolute Gasteiger partial charge is 0.456 e. The summed E-state index contributed by atoms with van der Waals surface area (Å²) in [5, 5.41) is 8.01. The Kier molecular flexibility index (Phi) is 3.62. The van der Waals surface area contributed by atoms with E-state index in [1.165, 1.54) is 43.8 Å². The second-order valence-electron chi connectivity index (χ2n) is 9.87. The highest BCUT2D eigenvalue weighted by atomic mass is 35.5. The molecule has 37 heavy (non-hydrogen) atoms. The third-order valence-corrected chi connectivity index (χ3v) is 8.17. The van der Waals surface area contributed by atoms with Crippen LogP contribution in [0.4, 0.5) is 0 Å². The Hall–Kier alpha value is -4.53. The summed E-state index contributed by atoms with van der Waals surface area (Å²) in [5.74, 6) is 0. The van der Waals surface area contributed by atoms with Crippen molar-refractivity contribution >= 4 is 66.1 Å². The average Bonchev–Trinajstić information content (AvgIpc) is 3.43. The van der Waals surface area contributed by atoms with Gasteiger partial charge in [-0.15, -0.1) is 0 Å². The first-order chi connectivity index (χ1) is 18.3. The minimum atomic E-state index is 0.729. The van der Waals surface area contributed by atoms with Gasteiger partial charge in [-0.05, 0) is 81.6 Å². The van der Waals surface area contributed by atoms with E-state index in [-0.39, 0.29) is 0 Å². The number of hydrogen-bond donors (Lipinski definition) is 0. The van der Waals surface area contributed by atoms with Crippen LogP contribution in [0.2, 0.25) is 5.02 Å². The lowest BCUT2D eigenvalue weighted by atomic mass is 9.92. The maximum Gasteiger partial charge on any atom is 0.136 e. The van der Waals surface area contributed by atoms with Crippen LogP contribution < -0.4 is 0 Å². The summed E-state index contributed by atoms with van der Waals surface area (Å²) in [4.78, 5) is 0. The van der Waals surface area contributed by atoms with E-state index in [9.17, 15) is 0 Å². The summed E-state index contributed by atoms with van der Waals surface area (Å²) in [6, 6.07) is 38.7. The van der Waals surface area contributed by atoms with E-state index in [1.54, 1.807) is 0 Å². The first kappa shape index (κ1) is 19.6. The smallest absolute Gasteiger partial charge is 0.136 e. The predicted octanol–water partition coefficient (Wildman–Crippen LogP) is 10.1. The van der Waals surface area contributed by atoms with Gasteiger partial charge in [0.15, 0.2) is 0 Å². The lowest BCUT2D eigenvalue weighted by Gasteiger charge is -2.14. The highest BCUT2D eigenvalue weighted by molar-refractivity contribution is 6.35. The van der Waals surface area contributed by atoms with Gasteiger partial charge in [0.05, 0.1) is 11.0 Å². The van der Waals surface area contributed by atoms with E-state index in [0.29, 0.717) is 0 Å². The molecule has 2 nitrogen and oxygen atoms in total. The van der Waals surface area contributed by atoms with Crippen molar-refractivity contribution in [1.29, 1.82) is 0 Å². The molecule has 0 unspecified atom stereocenters. The van der Waals surface area contributed by atoms with Crippen molar-refractivity contribution in [3.63, 3.8) is 0 Å². The van der Waals surface area contributed by atoms with Crippen LogP contribution in [-0.2, 0) is 0 Å². The van der Waals surface area contributed by atoms with Crippen LogP contribution in [0.25, 0.3) is 82.5 Å². The summed E-state index contributed by atoms with van der Waals surface area (Å²) in [6.45, 7) is 0. The number of para-hydroxylation sites is 2. The van der Waals surface area contributed by atoms with Gasteiger partial charge in [0.2, 0.25) is 0 Å². The standard InChI is InChI=1S/C34H18ClNO/c35-20-15-27-24-17-26-22-10-4-5-12-30(22)37-31(26)18-25(24)23-11-6-7-19-13-14-28-34(32(19)23)33(27)29(16-20)36(28)21-8-2-1-3-9-21/h1-18H. The molecule has 0 N–H and O–H groups in total. The van der Waals surface area contributed by atoms with Gasteiger partial charge in [-0.1, -0.05) is 72.3 Å². The Bertz CT molecular complexity index is 2250. The summed E-state index contributed by atoms with van der Waals surface area (Å²) >= 11 is 6.88. The zero-order chi connectivity index (χ0) is 24.2. The molecule has 3 heteroatoms. The second-order valence-corrected chi connectivity index (χ2v) is 10.3. The number of aromatic nitrogens is 1. The summed E-state index contributed by atoms with van der Waals surface area (Å²) < 4.78 is 8.68. The van der Waals surface area contributed by atoms with Crippen LogP contribution in [0.15, 0.2) is 114 Å². The lowest BCUT2D eigenvalue weighted by Crippen LogP contribution is -1.94. The third-order valence-electron chi connectivity index (χ3n) is 7.95. The number of hydrogen-bond acceptors (Lipinski definition) is 1. The van der Waals surface area contributed by atoms with E-state index in [0.717, 1.165) is 43.7 Å². The number of benzene rings is 6.